The van der Waals surface area contributed by atoms with Gasteiger partial charge >= 0.3 is 0 Å². The fourth-order valence-electron chi connectivity index (χ4n) is 2.31. The summed E-state index contributed by atoms with van der Waals surface area (Å²) in [5, 5.41) is 3.98. The lowest BCUT2D eigenvalue weighted by atomic mass is 9.98. The van der Waals surface area contributed by atoms with Crippen LogP contribution < -0.4 is 5.32 Å². The van der Waals surface area contributed by atoms with E-state index in [9.17, 15) is 4.39 Å². The van der Waals surface area contributed by atoms with Crippen molar-refractivity contribution in [1.29, 1.82) is 0 Å². The Morgan fingerprint density at radius 1 is 1.19 bits per heavy atom. The zero-order valence-electron chi connectivity index (χ0n) is 12.2. The standard InChI is InChI=1S/C17H19ClFNS/c1-3-20-17(12-4-7-15(21-2)8-5-12)11-13-10-14(18)6-9-16(13)19/h4-10,17,20H,3,11H2,1-2H3. The van der Waals surface area contributed by atoms with Gasteiger partial charge in [0, 0.05) is 16.0 Å². The van der Waals surface area contributed by atoms with Crippen molar-refractivity contribution in [2.45, 2.75) is 24.3 Å². The number of likely N-dealkylation sites (N-methyl/N-ethyl adjacent to an activating group) is 1. The largest absolute Gasteiger partial charge is 0.310 e. The van der Waals surface area contributed by atoms with Crippen molar-refractivity contribution in [2.75, 3.05) is 12.8 Å². The van der Waals surface area contributed by atoms with Crippen molar-refractivity contribution in [3.8, 4) is 0 Å². The molecule has 4 heteroatoms. The van der Waals surface area contributed by atoms with E-state index in [2.05, 4.69) is 42.8 Å². The van der Waals surface area contributed by atoms with Crippen LogP contribution in [-0.2, 0) is 6.42 Å². The number of halogens is 2. The third kappa shape index (κ3) is 4.47. The molecular weight excluding hydrogens is 305 g/mol. The minimum atomic E-state index is -0.206. The van der Waals surface area contributed by atoms with Gasteiger partial charge in [0.1, 0.15) is 5.82 Å². The lowest BCUT2D eigenvalue weighted by Crippen LogP contribution is -2.23. The second-order valence-electron chi connectivity index (χ2n) is 4.82. The summed E-state index contributed by atoms with van der Waals surface area (Å²) < 4.78 is 13.9. The van der Waals surface area contributed by atoms with Gasteiger partial charge in [-0.15, -0.1) is 11.8 Å². The van der Waals surface area contributed by atoms with Gasteiger partial charge in [-0.25, -0.2) is 4.39 Å². The first kappa shape index (κ1) is 16.3. The van der Waals surface area contributed by atoms with Crippen LogP contribution in [-0.4, -0.2) is 12.8 Å². The number of thioether (sulfide) groups is 1. The van der Waals surface area contributed by atoms with Crippen LogP contribution in [0.25, 0.3) is 0 Å². The molecule has 0 amide bonds. The lowest BCUT2D eigenvalue weighted by molar-refractivity contribution is 0.528. The molecule has 1 N–H and O–H groups in total. The van der Waals surface area contributed by atoms with E-state index < -0.39 is 0 Å². The van der Waals surface area contributed by atoms with Gasteiger partial charge in [-0.2, -0.15) is 0 Å². The molecule has 0 aromatic heterocycles. The summed E-state index contributed by atoms with van der Waals surface area (Å²) in [4.78, 5) is 1.22. The van der Waals surface area contributed by atoms with E-state index in [-0.39, 0.29) is 11.9 Å². The Hall–Kier alpha value is -1.03. The Morgan fingerprint density at radius 2 is 1.90 bits per heavy atom. The van der Waals surface area contributed by atoms with Gasteiger partial charge in [-0.1, -0.05) is 30.7 Å². The maximum atomic E-state index is 13.9. The van der Waals surface area contributed by atoms with E-state index in [1.54, 1.807) is 23.9 Å². The predicted octanol–water partition coefficient (Wildman–Crippen LogP) is 5.09. The van der Waals surface area contributed by atoms with E-state index in [0.717, 1.165) is 12.1 Å². The highest BCUT2D eigenvalue weighted by atomic mass is 35.5. The molecule has 0 saturated heterocycles. The molecule has 0 saturated carbocycles. The fraction of sp³-hybridized carbons (Fsp3) is 0.294. The highest BCUT2D eigenvalue weighted by molar-refractivity contribution is 7.98. The summed E-state index contributed by atoms with van der Waals surface area (Å²) in [6.45, 7) is 2.88. The molecule has 2 aromatic rings. The van der Waals surface area contributed by atoms with Crippen molar-refractivity contribution in [1.82, 2.24) is 5.32 Å². The van der Waals surface area contributed by atoms with Crippen molar-refractivity contribution in [2.24, 2.45) is 0 Å². The van der Waals surface area contributed by atoms with Crippen molar-refractivity contribution >= 4 is 23.4 Å². The molecule has 0 aliphatic heterocycles. The molecule has 0 aliphatic rings. The van der Waals surface area contributed by atoms with Gasteiger partial charge in [-0.05, 0) is 60.7 Å². The summed E-state index contributed by atoms with van der Waals surface area (Å²) in [6, 6.07) is 13.2. The molecule has 0 heterocycles. The highest BCUT2D eigenvalue weighted by Crippen LogP contribution is 2.24. The van der Waals surface area contributed by atoms with Crippen LogP contribution >= 0.6 is 23.4 Å². The van der Waals surface area contributed by atoms with E-state index in [1.165, 1.54) is 11.0 Å². The summed E-state index contributed by atoms with van der Waals surface area (Å²) >= 11 is 7.69. The van der Waals surface area contributed by atoms with E-state index >= 15 is 0 Å². The zero-order chi connectivity index (χ0) is 15.2. The van der Waals surface area contributed by atoms with Crippen molar-refractivity contribution in [3.63, 3.8) is 0 Å². The molecule has 0 fully saturated rings. The number of hydrogen-bond donors (Lipinski definition) is 1. The minimum absolute atomic E-state index is 0.0823. The average Bonchev–Trinajstić information content (AvgIpc) is 2.50. The highest BCUT2D eigenvalue weighted by Gasteiger charge is 2.14. The monoisotopic (exact) mass is 323 g/mol. The second kappa shape index (κ2) is 7.83. The molecule has 2 aromatic carbocycles. The van der Waals surface area contributed by atoms with E-state index in [0.29, 0.717) is 17.0 Å². The van der Waals surface area contributed by atoms with Crippen molar-refractivity contribution in [3.05, 3.63) is 64.4 Å². The lowest BCUT2D eigenvalue weighted by Gasteiger charge is -2.19. The van der Waals surface area contributed by atoms with Crippen LogP contribution in [0.5, 0.6) is 0 Å². The summed E-state index contributed by atoms with van der Waals surface area (Å²) in [7, 11) is 0. The normalized spacial score (nSPS) is 12.4. The maximum absolute atomic E-state index is 13.9. The number of rotatable bonds is 6. The number of benzene rings is 2. The van der Waals surface area contributed by atoms with Crippen LogP contribution in [0.3, 0.4) is 0 Å². The molecule has 0 radical (unpaired) electrons. The van der Waals surface area contributed by atoms with Crippen LogP contribution in [0.4, 0.5) is 4.39 Å². The molecule has 21 heavy (non-hydrogen) atoms. The van der Waals surface area contributed by atoms with Gasteiger partial charge in [0.05, 0.1) is 0 Å². The molecule has 0 spiro atoms. The Morgan fingerprint density at radius 3 is 2.52 bits per heavy atom. The quantitative estimate of drug-likeness (QED) is 0.743. The Balaban J connectivity index is 2.23. The Labute approximate surface area is 134 Å². The molecule has 0 aliphatic carbocycles. The third-order valence-electron chi connectivity index (χ3n) is 3.40. The second-order valence-corrected chi connectivity index (χ2v) is 6.14. The number of hydrogen-bond acceptors (Lipinski definition) is 2. The minimum Gasteiger partial charge on any atom is -0.310 e. The third-order valence-corrected chi connectivity index (χ3v) is 4.38. The molecule has 0 bridgehead atoms. The fourth-order valence-corrected chi connectivity index (χ4v) is 2.91. The summed E-state index contributed by atoms with van der Waals surface area (Å²) in [5.74, 6) is -0.206. The van der Waals surface area contributed by atoms with Gasteiger partial charge in [0.15, 0.2) is 0 Å². The average molecular weight is 324 g/mol. The van der Waals surface area contributed by atoms with Crippen LogP contribution in [0.1, 0.15) is 24.1 Å². The van der Waals surface area contributed by atoms with Gasteiger partial charge < -0.3 is 5.32 Å². The SMILES string of the molecule is CCNC(Cc1cc(Cl)ccc1F)c1ccc(SC)cc1. The van der Waals surface area contributed by atoms with Gasteiger partial charge in [-0.3, -0.25) is 0 Å². The molecule has 112 valence electrons. The zero-order valence-corrected chi connectivity index (χ0v) is 13.8. The van der Waals surface area contributed by atoms with Gasteiger partial charge in [0.25, 0.3) is 0 Å². The Bertz CT molecular complexity index is 586. The topological polar surface area (TPSA) is 12.0 Å². The molecule has 1 nitrogen and oxygen atoms in total. The predicted molar refractivity (Wildman–Crippen MR) is 89.8 cm³/mol. The maximum Gasteiger partial charge on any atom is 0.126 e. The number of nitrogens with one attached hydrogen (secondary N) is 1. The molecule has 2 rings (SSSR count). The Kier molecular flexibility index (Phi) is 6.09. The summed E-state index contributed by atoms with van der Waals surface area (Å²) in [5.41, 5.74) is 1.80. The van der Waals surface area contributed by atoms with Crippen LogP contribution in [0.15, 0.2) is 47.4 Å². The molecule has 1 atom stereocenters. The summed E-state index contributed by atoms with van der Waals surface area (Å²) in [6.07, 6.45) is 2.64. The molecule has 1 unspecified atom stereocenters. The van der Waals surface area contributed by atoms with E-state index in [1.807, 2.05) is 0 Å². The smallest absolute Gasteiger partial charge is 0.126 e. The first-order valence-corrected chi connectivity index (χ1v) is 8.55. The molecular formula is C17H19ClFNS. The first-order valence-electron chi connectivity index (χ1n) is 6.95. The van der Waals surface area contributed by atoms with Crippen LogP contribution in [0.2, 0.25) is 5.02 Å². The van der Waals surface area contributed by atoms with Crippen molar-refractivity contribution < 1.29 is 4.39 Å². The first-order chi connectivity index (χ1) is 10.1. The van der Waals surface area contributed by atoms with Crippen LogP contribution in [0, 0.1) is 5.82 Å². The van der Waals surface area contributed by atoms with Gasteiger partial charge in [0.2, 0.25) is 0 Å². The van der Waals surface area contributed by atoms with E-state index in [4.69, 9.17) is 11.6 Å².